The smallest absolute Gasteiger partial charge is 0.296 e. The summed E-state index contributed by atoms with van der Waals surface area (Å²) >= 11 is 3.41. The summed E-state index contributed by atoms with van der Waals surface area (Å²) in [6.45, 7) is 0. The van der Waals surface area contributed by atoms with Crippen molar-refractivity contribution in [1.29, 1.82) is 0 Å². The van der Waals surface area contributed by atoms with Crippen molar-refractivity contribution < 1.29 is 9.05 Å². The number of benzene rings is 1. The molecule has 1 aliphatic carbocycles. The Labute approximate surface area is 142 Å². The molecule has 1 fully saturated rings. The van der Waals surface area contributed by atoms with E-state index in [1.54, 1.807) is 0 Å². The summed E-state index contributed by atoms with van der Waals surface area (Å²) in [5.74, 6) is 1.96. The van der Waals surface area contributed by atoms with Gasteiger partial charge in [-0.3, -0.25) is 0 Å². The van der Waals surface area contributed by atoms with Crippen LogP contribution in [-0.4, -0.2) is 15.3 Å². The van der Waals surface area contributed by atoms with Crippen molar-refractivity contribution in [2.24, 2.45) is 0 Å². The summed E-state index contributed by atoms with van der Waals surface area (Å²) in [5.41, 5.74) is 1.90. The van der Waals surface area contributed by atoms with E-state index in [4.69, 9.17) is 9.05 Å². The Hall–Kier alpha value is -1.95. The first-order valence-corrected chi connectivity index (χ1v) is 8.65. The Bertz CT molecular complexity index is 788. The summed E-state index contributed by atoms with van der Waals surface area (Å²) in [5, 5.41) is 8.23. The van der Waals surface area contributed by atoms with Crippen LogP contribution >= 0.6 is 15.9 Å². The minimum Gasteiger partial charge on any atom is -0.351 e. The van der Waals surface area contributed by atoms with E-state index in [0.717, 1.165) is 15.7 Å². The van der Waals surface area contributed by atoms with Gasteiger partial charge in [0, 0.05) is 22.0 Å². The number of rotatable bonds is 3. The Morgan fingerprint density at radius 2 is 1.74 bits per heavy atom. The van der Waals surface area contributed by atoms with Gasteiger partial charge < -0.3 is 9.05 Å². The summed E-state index contributed by atoms with van der Waals surface area (Å²) in [4.78, 5) is 4.41. The summed E-state index contributed by atoms with van der Waals surface area (Å²) < 4.78 is 11.8. The maximum absolute atomic E-state index is 5.42. The number of hydrogen-bond acceptors (Lipinski definition) is 5. The molecule has 0 N–H and O–H groups in total. The molecule has 6 heteroatoms. The van der Waals surface area contributed by atoms with Crippen LogP contribution in [0.15, 0.2) is 43.9 Å². The molecule has 4 rings (SSSR count). The zero-order valence-corrected chi connectivity index (χ0v) is 14.1. The molecule has 0 saturated heterocycles. The molecule has 0 aliphatic heterocycles. The van der Waals surface area contributed by atoms with Crippen LogP contribution in [-0.2, 0) is 0 Å². The second kappa shape index (κ2) is 6.28. The molecule has 2 aromatic heterocycles. The number of aromatic nitrogens is 3. The molecule has 0 unspecified atom stereocenters. The molecule has 0 amide bonds. The van der Waals surface area contributed by atoms with E-state index < -0.39 is 0 Å². The highest BCUT2D eigenvalue weighted by Crippen LogP contribution is 2.34. The molecular weight excluding hydrogens is 358 g/mol. The van der Waals surface area contributed by atoms with E-state index in [9.17, 15) is 0 Å². The zero-order chi connectivity index (χ0) is 15.6. The van der Waals surface area contributed by atoms with Crippen LogP contribution in [0.2, 0.25) is 0 Å². The van der Waals surface area contributed by atoms with Crippen molar-refractivity contribution >= 4 is 15.9 Å². The van der Waals surface area contributed by atoms with Crippen LogP contribution < -0.4 is 0 Å². The molecule has 1 aromatic carbocycles. The lowest BCUT2D eigenvalue weighted by Gasteiger charge is -2.18. The molecule has 0 bridgehead atoms. The molecule has 0 atom stereocenters. The average molecular weight is 374 g/mol. The van der Waals surface area contributed by atoms with Gasteiger partial charge in [0.25, 0.3) is 5.89 Å². The third-order valence-electron chi connectivity index (χ3n) is 4.29. The van der Waals surface area contributed by atoms with E-state index in [1.807, 2.05) is 30.3 Å². The third-order valence-corrected chi connectivity index (χ3v) is 4.82. The summed E-state index contributed by atoms with van der Waals surface area (Å²) in [6, 6.07) is 9.70. The molecule has 2 heterocycles. The zero-order valence-electron chi connectivity index (χ0n) is 12.5. The van der Waals surface area contributed by atoms with Crippen LogP contribution in [0.25, 0.3) is 23.0 Å². The molecule has 0 spiro atoms. The maximum atomic E-state index is 5.42. The maximum Gasteiger partial charge on any atom is 0.296 e. The van der Waals surface area contributed by atoms with Crippen LogP contribution in [0.3, 0.4) is 0 Å². The predicted octanol–water partition coefficient (Wildman–Crippen LogP) is 5.20. The van der Waals surface area contributed by atoms with Crippen molar-refractivity contribution in [2.45, 2.75) is 38.0 Å². The van der Waals surface area contributed by atoms with Gasteiger partial charge in [-0.25, -0.2) is 0 Å². The minimum absolute atomic E-state index is 0.373. The summed E-state index contributed by atoms with van der Waals surface area (Å²) in [7, 11) is 0. The molecule has 0 radical (unpaired) electrons. The lowest BCUT2D eigenvalue weighted by Crippen LogP contribution is -2.04. The van der Waals surface area contributed by atoms with Crippen LogP contribution in [0, 0.1) is 0 Å². The van der Waals surface area contributed by atoms with Crippen molar-refractivity contribution in [3.63, 3.8) is 0 Å². The topological polar surface area (TPSA) is 65.0 Å². The van der Waals surface area contributed by atoms with E-state index in [2.05, 4.69) is 31.2 Å². The van der Waals surface area contributed by atoms with E-state index in [0.29, 0.717) is 23.4 Å². The summed E-state index contributed by atoms with van der Waals surface area (Å²) in [6.07, 6.45) is 6.21. The second-order valence-electron chi connectivity index (χ2n) is 5.88. The van der Waals surface area contributed by atoms with Gasteiger partial charge in [-0.05, 0) is 37.1 Å². The van der Waals surface area contributed by atoms with Gasteiger partial charge in [0.2, 0.25) is 11.6 Å². The fourth-order valence-electron chi connectivity index (χ4n) is 3.02. The number of halogens is 1. The molecule has 3 aromatic rings. The van der Waals surface area contributed by atoms with Crippen molar-refractivity contribution in [3.8, 4) is 23.0 Å². The normalized spacial score (nSPS) is 15.9. The first-order chi connectivity index (χ1) is 11.3. The second-order valence-corrected chi connectivity index (χ2v) is 6.80. The lowest BCUT2D eigenvalue weighted by atomic mass is 9.87. The molecular formula is C17H16BrN3O2. The molecule has 23 heavy (non-hydrogen) atoms. The van der Waals surface area contributed by atoms with Crippen molar-refractivity contribution in [1.82, 2.24) is 15.3 Å². The van der Waals surface area contributed by atoms with Crippen molar-refractivity contribution in [2.75, 3.05) is 0 Å². The first kappa shape index (κ1) is 14.6. The monoisotopic (exact) mass is 373 g/mol. The third kappa shape index (κ3) is 3.08. The Morgan fingerprint density at radius 1 is 0.957 bits per heavy atom. The van der Waals surface area contributed by atoms with Crippen molar-refractivity contribution in [3.05, 3.63) is 40.5 Å². The van der Waals surface area contributed by atoms with Crippen LogP contribution in [0.4, 0.5) is 0 Å². The average Bonchev–Trinajstić information content (AvgIpc) is 3.26. The first-order valence-electron chi connectivity index (χ1n) is 7.86. The highest BCUT2D eigenvalue weighted by atomic mass is 79.9. The van der Waals surface area contributed by atoms with Gasteiger partial charge in [0.05, 0.1) is 5.69 Å². The Kier molecular flexibility index (Phi) is 3.99. The van der Waals surface area contributed by atoms with E-state index in [-0.39, 0.29) is 0 Å². The molecule has 1 aliphatic rings. The van der Waals surface area contributed by atoms with Crippen LogP contribution in [0.1, 0.15) is 43.7 Å². The number of hydrogen-bond donors (Lipinski definition) is 0. The highest BCUT2D eigenvalue weighted by Gasteiger charge is 2.22. The van der Waals surface area contributed by atoms with Gasteiger partial charge in [-0.15, -0.1) is 0 Å². The molecule has 118 valence electrons. The standard InChI is InChI=1S/C17H16BrN3O2/c18-13-8-6-12(7-9-13)16-19-17(23-21-16)15-10-14(20-22-15)11-4-2-1-3-5-11/h6-11H,1-5H2. The largest absolute Gasteiger partial charge is 0.351 e. The fourth-order valence-corrected chi connectivity index (χ4v) is 3.28. The van der Waals surface area contributed by atoms with E-state index >= 15 is 0 Å². The highest BCUT2D eigenvalue weighted by molar-refractivity contribution is 9.10. The Morgan fingerprint density at radius 3 is 2.52 bits per heavy atom. The quantitative estimate of drug-likeness (QED) is 0.630. The van der Waals surface area contributed by atoms with Gasteiger partial charge >= 0.3 is 0 Å². The predicted molar refractivity (Wildman–Crippen MR) is 88.8 cm³/mol. The van der Waals surface area contributed by atoms with Crippen LogP contribution in [0.5, 0.6) is 0 Å². The van der Waals surface area contributed by atoms with Gasteiger partial charge in [0.1, 0.15) is 0 Å². The lowest BCUT2D eigenvalue weighted by molar-refractivity contribution is 0.367. The molecule has 5 nitrogen and oxygen atoms in total. The van der Waals surface area contributed by atoms with Gasteiger partial charge in [0.15, 0.2) is 0 Å². The van der Waals surface area contributed by atoms with Gasteiger partial charge in [-0.1, -0.05) is 45.5 Å². The van der Waals surface area contributed by atoms with Gasteiger partial charge in [-0.2, -0.15) is 4.98 Å². The minimum atomic E-state index is 0.373. The fraction of sp³-hybridized carbons (Fsp3) is 0.353. The van der Waals surface area contributed by atoms with E-state index in [1.165, 1.54) is 32.1 Å². The number of nitrogens with zero attached hydrogens (tertiary/aromatic N) is 3. The molecule has 1 saturated carbocycles. The SMILES string of the molecule is Brc1ccc(-c2noc(-c3cc(C4CCCCC4)no3)n2)cc1. The Balaban J connectivity index is 1.57.